The number of hydrogen-bond acceptors (Lipinski definition) is 4. The second kappa shape index (κ2) is 8.15. The van der Waals surface area contributed by atoms with E-state index in [-0.39, 0.29) is 12.2 Å². The predicted octanol–water partition coefficient (Wildman–Crippen LogP) is 2.53. The summed E-state index contributed by atoms with van der Waals surface area (Å²) in [5, 5.41) is 3.33. The van der Waals surface area contributed by atoms with E-state index in [4.69, 9.17) is 9.47 Å². The molecule has 0 saturated heterocycles. The summed E-state index contributed by atoms with van der Waals surface area (Å²) in [6.45, 7) is 10.5. The summed E-state index contributed by atoms with van der Waals surface area (Å²) < 4.78 is 10.8. The summed E-state index contributed by atoms with van der Waals surface area (Å²) in [6.07, 6.45) is 5.93. The first-order valence-electron chi connectivity index (χ1n) is 7.41. The highest BCUT2D eigenvalue weighted by molar-refractivity contribution is 5.68. The molecule has 0 aromatic heterocycles. The largest absolute Gasteiger partial charge is 0.497 e. The Morgan fingerprint density at radius 3 is 2.80 bits per heavy atom. The normalized spacial score (nSPS) is 18.5. The molecule has 1 N–H and O–H groups in total. The molecule has 0 aromatic carbocycles. The molecule has 0 saturated carbocycles. The van der Waals surface area contributed by atoms with Crippen molar-refractivity contribution < 1.29 is 14.3 Å². The number of ether oxygens (including phenoxy) is 2. The summed E-state index contributed by atoms with van der Waals surface area (Å²) >= 11 is 0. The highest BCUT2D eigenvalue weighted by Gasteiger charge is 2.20. The van der Waals surface area contributed by atoms with Crippen molar-refractivity contribution in [3.05, 3.63) is 12.3 Å². The molecule has 1 rings (SSSR count). The average Bonchev–Trinajstić information content (AvgIpc) is 2.38. The molecule has 0 aromatic rings. The minimum absolute atomic E-state index is 0.247. The predicted molar refractivity (Wildman–Crippen MR) is 79.6 cm³/mol. The van der Waals surface area contributed by atoms with Gasteiger partial charge in [0, 0.05) is 26.2 Å². The number of likely N-dealkylation sites (N-methyl/N-ethyl adjacent to an activating group) is 1. The Bertz CT molecular complexity index is 324. The Labute approximate surface area is 122 Å². The average molecular weight is 284 g/mol. The zero-order chi connectivity index (χ0) is 15.0. The van der Waals surface area contributed by atoms with Gasteiger partial charge in [-0.3, -0.25) is 0 Å². The zero-order valence-corrected chi connectivity index (χ0v) is 13.1. The van der Waals surface area contributed by atoms with Crippen LogP contribution in [0.25, 0.3) is 0 Å². The van der Waals surface area contributed by atoms with E-state index in [2.05, 4.69) is 5.32 Å². The van der Waals surface area contributed by atoms with Crippen LogP contribution in [0.3, 0.4) is 0 Å². The van der Waals surface area contributed by atoms with Gasteiger partial charge in [-0.15, -0.1) is 0 Å². The van der Waals surface area contributed by atoms with Gasteiger partial charge in [0.15, 0.2) is 0 Å². The van der Waals surface area contributed by atoms with Crippen molar-refractivity contribution in [1.82, 2.24) is 10.2 Å². The van der Waals surface area contributed by atoms with Crippen molar-refractivity contribution in [1.29, 1.82) is 0 Å². The smallest absolute Gasteiger partial charge is 0.410 e. The Morgan fingerprint density at radius 2 is 2.25 bits per heavy atom. The van der Waals surface area contributed by atoms with E-state index in [1.807, 2.05) is 33.8 Å². The van der Waals surface area contributed by atoms with Gasteiger partial charge in [0.2, 0.25) is 0 Å². The van der Waals surface area contributed by atoms with Gasteiger partial charge in [-0.2, -0.15) is 0 Å². The molecule has 1 heterocycles. The Morgan fingerprint density at radius 1 is 1.50 bits per heavy atom. The minimum atomic E-state index is -0.444. The van der Waals surface area contributed by atoms with E-state index in [1.165, 1.54) is 0 Å². The van der Waals surface area contributed by atoms with Crippen LogP contribution in [-0.2, 0) is 9.47 Å². The molecule has 5 nitrogen and oxygen atoms in total. The minimum Gasteiger partial charge on any atom is -0.497 e. The lowest BCUT2D eigenvalue weighted by Crippen LogP contribution is -2.41. The Kier molecular flexibility index (Phi) is 6.85. The molecule has 0 spiro atoms. The van der Waals surface area contributed by atoms with Gasteiger partial charge in [-0.1, -0.05) is 0 Å². The molecular formula is C15H28N2O3. The number of allylic oxidation sites excluding steroid dienone is 1. The molecule has 0 radical (unpaired) electrons. The molecule has 20 heavy (non-hydrogen) atoms. The van der Waals surface area contributed by atoms with Crippen molar-refractivity contribution >= 4 is 6.09 Å². The van der Waals surface area contributed by atoms with Crippen molar-refractivity contribution in [3.63, 3.8) is 0 Å². The van der Waals surface area contributed by atoms with Crippen LogP contribution in [0.2, 0.25) is 0 Å². The zero-order valence-electron chi connectivity index (χ0n) is 13.1. The van der Waals surface area contributed by atoms with Crippen LogP contribution in [-0.4, -0.2) is 48.9 Å². The number of carbonyl (C=O) groups is 1. The molecule has 1 aliphatic heterocycles. The molecule has 1 amide bonds. The van der Waals surface area contributed by atoms with Gasteiger partial charge in [0.1, 0.15) is 11.7 Å². The van der Waals surface area contributed by atoms with Crippen LogP contribution < -0.4 is 5.32 Å². The lowest BCUT2D eigenvalue weighted by Gasteiger charge is -2.27. The van der Waals surface area contributed by atoms with Gasteiger partial charge in [-0.05, 0) is 46.6 Å². The van der Waals surface area contributed by atoms with E-state index in [0.717, 1.165) is 25.9 Å². The second-order valence-corrected chi connectivity index (χ2v) is 5.97. The lowest BCUT2D eigenvalue weighted by molar-refractivity contribution is 0.0260. The third-order valence-corrected chi connectivity index (χ3v) is 2.99. The van der Waals surface area contributed by atoms with Crippen LogP contribution in [0.1, 0.15) is 40.5 Å². The summed E-state index contributed by atoms with van der Waals surface area (Å²) in [5.41, 5.74) is -0.444. The Hall–Kier alpha value is -1.23. The maximum absolute atomic E-state index is 11.9. The first-order valence-corrected chi connectivity index (χ1v) is 7.41. The van der Waals surface area contributed by atoms with Crippen LogP contribution in [0, 0.1) is 0 Å². The first kappa shape index (κ1) is 16.8. The van der Waals surface area contributed by atoms with E-state index >= 15 is 0 Å². The molecule has 116 valence electrons. The van der Waals surface area contributed by atoms with Crippen LogP contribution >= 0.6 is 0 Å². The number of hydrogen-bond donors (Lipinski definition) is 1. The number of nitrogens with zero attached hydrogens (tertiary/aromatic N) is 1. The van der Waals surface area contributed by atoms with Gasteiger partial charge in [0.25, 0.3) is 0 Å². The lowest BCUT2D eigenvalue weighted by atomic mass is 10.1. The van der Waals surface area contributed by atoms with Crippen LogP contribution in [0.4, 0.5) is 4.79 Å². The maximum Gasteiger partial charge on any atom is 0.410 e. The summed E-state index contributed by atoms with van der Waals surface area (Å²) in [6, 6.07) is 0. The summed E-state index contributed by atoms with van der Waals surface area (Å²) in [4.78, 5) is 13.6. The monoisotopic (exact) mass is 284 g/mol. The molecule has 0 aliphatic carbocycles. The fraction of sp³-hybridized carbons (Fsp3) is 0.800. The van der Waals surface area contributed by atoms with E-state index in [9.17, 15) is 4.79 Å². The van der Waals surface area contributed by atoms with Crippen molar-refractivity contribution in [2.75, 3.05) is 26.2 Å². The fourth-order valence-electron chi connectivity index (χ4n) is 1.92. The van der Waals surface area contributed by atoms with E-state index in [1.54, 1.807) is 11.2 Å². The van der Waals surface area contributed by atoms with Crippen molar-refractivity contribution in [2.45, 2.75) is 52.2 Å². The SMILES string of the molecule is CCN(CCNCC1CCC=CO1)C(=O)OC(C)(C)C. The number of amides is 1. The van der Waals surface area contributed by atoms with Gasteiger partial charge in [-0.25, -0.2) is 4.79 Å². The van der Waals surface area contributed by atoms with E-state index in [0.29, 0.717) is 13.1 Å². The molecule has 0 bridgehead atoms. The van der Waals surface area contributed by atoms with Crippen LogP contribution in [0.5, 0.6) is 0 Å². The molecule has 0 fully saturated rings. The quantitative estimate of drug-likeness (QED) is 0.762. The van der Waals surface area contributed by atoms with Crippen molar-refractivity contribution in [2.24, 2.45) is 0 Å². The van der Waals surface area contributed by atoms with Gasteiger partial charge >= 0.3 is 6.09 Å². The first-order chi connectivity index (χ1) is 9.42. The molecule has 1 unspecified atom stereocenters. The van der Waals surface area contributed by atoms with E-state index < -0.39 is 5.60 Å². The highest BCUT2D eigenvalue weighted by atomic mass is 16.6. The fourth-order valence-corrected chi connectivity index (χ4v) is 1.92. The number of carbonyl (C=O) groups excluding carboxylic acids is 1. The molecule has 5 heteroatoms. The topological polar surface area (TPSA) is 50.8 Å². The third kappa shape index (κ3) is 6.80. The molecular weight excluding hydrogens is 256 g/mol. The Balaban J connectivity index is 2.20. The standard InChI is InChI=1S/C15H28N2O3/c1-5-17(14(18)20-15(2,3)4)10-9-16-12-13-8-6-7-11-19-13/h7,11,13,16H,5-6,8-10,12H2,1-4H3. The molecule has 1 atom stereocenters. The van der Waals surface area contributed by atoms with Crippen LogP contribution in [0.15, 0.2) is 12.3 Å². The summed E-state index contributed by atoms with van der Waals surface area (Å²) in [5.74, 6) is 0. The maximum atomic E-state index is 11.9. The number of rotatable bonds is 6. The van der Waals surface area contributed by atoms with Gasteiger partial charge in [0.05, 0.1) is 6.26 Å². The number of nitrogens with one attached hydrogen (secondary N) is 1. The van der Waals surface area contributed by atoms with Gasteiger partial charge < -0.3 is 19.7 Å². The van der Waals surface area contributed by atoms with Crippen molar-refractivity contribution in [3.8, 4) is 0 Å². The third-order valence-electron chi connectivity index (χ3n) is 2.99. The second-order valence-electron chi connectivity index (χ2n) is 5.97. The highest BCUT2D eigenvalue weighted by Crippen LogP contribution is 2.10. The summed E-state index contributed by atoms with van der Waals surface area (Å²) in [7, 11) is 0. The molecule has 1 aliphatic rings.